The lowest BCUT2D eigenvalue weighted by Gasteiger charge is -2.18. The molecular formula is C28H27N5O5S. The van der Waals surface area contributed by atoms with E-state index in [9.17, 15) is 19.7 Å². The van der Waals surface area contributed by atoms with Gasteiger partial charge in [-0.1, -0.05) is 60.7 Å². The molecule has 2 unspecified atom stereocenters. The van der Waals surface area contributed by atoms with E-state index in [2.05, 4.69) is 15.6 Å². The number of nitrogens with one attached hydrogen (secondary N) is 2. The highest BCUT2D eigenvalue weighted by atomic mass is 32.2. The largest absolute Gasteiger partial charge is 0.446 e. The van der Waals surface area contributed by atoms with Gasteiger partial charge in [0.05, 0.1) is 11.0 Å². The molecule has 2 amide bonds. The van der Waals surface area contributed by atoms with Crippen molar-refractivity contribution in [1.29, 1.82) is 0 Å². The summed E-state index contributed by atoms with van der Waals surface area (Å²) in [6.45, 7) is 0. The molecule has 0 fully saturated rings. The van der Waals surface area contributed by atoms with Crippen LogP contribution in [-0.4, -0.2) is 33.5 Å². The standard InChI is InChI=1S/C28H27N5O5S/c29-23(15-19-7-3-1-4-8-19)28-32-24(16-38-28)26(34)31-25(18-39-17-20-9-5-2-6-10-20)27(35)30-21-11-13-22(14-12-21)33(36)37/h1-14,16,23,25H,15,17-18,29H2,(H,30,35)(H,31,34). The van der Waals surface area contributed by atoms with Crippen molar-refractivity contribution in [2.75, 3.05) is 11.1 Å². The molecule has 0 spiro atoms. The Bertz CT molecular complexity index is 1400. The van der Waals surface area contributed by atoms with Crippen molar-refractivity contribution >= 4 is 35.0 Å². The molecule has 4 N–H and O–H groups in total. The molecule has 2 atom stereocenters. The van der Waals surface area contributed by atoms with Gasteiger partial charge >= 0.3 is 0 Å². The Morgan fingerprint density at radius 3 is 2.26 bits per heavy atom. The lowest BCUT2D eigenvalue weighted by Crippen LogP contribution is -2.45. The maximum Gasteiger partial charge on any atom is 0.273 e. The van der Waals surface area contributed by atoms with Crippen molar-refractivity contribution in [1.82, 2.24) is 10.3 Å². The molecule has 1 aromatic heterocycles. The number of hydrogen-bond acceptors (Lipinski definition) is 8. The van der Waals surface area contributed by atoms with Gasteiger partial charge < -0.3 is 20.8 Å². The normalized spacial score (nSPS) is 12.3. The van der Waals surface area contributed by atoms with E-state index in [1.807, 2.05) is 60.7 Å². The Morgan fingerprint density at radius 1 is 0.974 bits per heavy atom. The van der Waals surface area contributed by atoms with Crippen LogP contribution < -0.4 is 16.4 Å². The number of amides is 2. The van der Waals surface area contributed by atoms with E-state index in [-0.39, 0.29) is 23.0 Å². The number of non-ortho nitro benzene ring substituents is 1. The van der Waals surface area contributed by atoms with Crippen LogP contribution in [0.25, 0.3) is 0 Å². The van der Waals surface area contributed by atoms with Crippen LogP contribution in [0.3, 0.4) is 0 Å². The average Bonchev–Trinajstić information content (AvgIpc) is 3.45. The number of thioether (sulfide) groups is 1. The number of carbonyl (C=O) groups is 2. The first-order chi connectivity index (χ1) is 18.9. The second kappa shape index (κ2) is 13.4. The number of nitro benzene ring substituents is 1. The minimum absolute atomic E-state index is 0.00899. The van der Waals surface area contributed by atoms with E-state index >= 15 is 0 Å². The van der Waals surface area contributed by atoms with Crippen LogP contribution in [0.5, 0.6) is 0 Å². The fraction of sp³-hybridized carbons (Fsp3) is 0.179. The quantitative estimate of drug-likeness (QED) is 0.174. The zero-order valence-electron chi connectivity index (χ0n) is 20.9. The monoisotopic (exact) mass is 545 g/mol. The molecule has 0 bridgehead atoms. The third-order valence-electron chi connectivity index (χ3n) is 5.73. The first-order valence-electron chi connectivity index (χ1n) is 12.1. The van der Waals surface area contributed by atoms with Gasteiger partial charge in [-0.2, -0.15) is 11.8 Å². The van der Waals surface area contributed by atoms with Crippen molar-refractivity contribution < 1.29 is 18.9 Å². The summed E-state index contributed by atoms with van der Waals surface area (Å²) in [5, 5.41) is 16.4. The fourth-order valence-corrected chi connectivity index (χ4v) is 4.71. The molecule has 4 aromatic rings. The highest BCUT2D eigenvalue weighted by molar-refractivity contribution is 7.98. The molecular weight excluding hydrogens is 518 g/mol. The molecule has 3 aromatic carbocycles. The first kappa shape index (κ1) is 27.6. The molecule has 39 heavy (non-hydrogen) atoms. The number of oxazole rings is 1. The molecule has 0 saturated heterocycles. The number of nitrogens with two attached hydrogens (primary N) is 1. The summed E-state index contributed by atoms with van der Waals surface area (Å²) in [7, 11) is 0. The SMILES string of the molecule is NC(Cc1ccccc1)c1nc(C(=O)NC(CSCc2ccccc2)C(=O)Nc2ccc([N+](=O)[O-])cc2)co1. The molecule has 4 rings (SSSR count). The predicted molar refractivity (Wildman–Crippen MR) is 149 cm³/mol. The van der Waals surface area contributed by atoms with E-state index < -0.39 is 28.8 Å². The number of carbonyl (C=O) groups excluding carboxylic acids is 2. The Kier molecular flexibility index (Phi) is 9.44. The van der Waals surface area contributed by atoms with Crippen molar-refractivity contribution in [2.45, 2.75) is 24.3 Å². The van der Waals surface area contributed by atoms with Crippen LogP contribution in [0.2, 0.25) is 0 Å². The van der Waals surface area contributed by atoms with Crippen molar-refractivity contribution in [3.05, 3.63) is 124 Å². The van der Waals surface area contributed by atoms with Crippen LogP contribution in [0.15, 0.2) is 95.6 Å². The Labute approximate surface area is 229 Å². The molecule has 0 aliphatic carbocycles. The lowest BCUT2D eigenvalue weighted by molar-refractivity contribution is -0.384. The Hall–Kier alpha value is -4.48. The van der Waals surface area contributed by atoms with Crippen molar-refractivity contribution in [3.63, 3.8) is 0 Å². The van der Waals surface area contributed by atoms with Crippen LogP contribution in [0, 0.1) is 10.1 Å². The van der Waals surface area contributed by atoms with E-state index in [0.29, 0.717) is 17.9 Å². The zero-order chi connectivity index (χ0) is 27.6. The molecule has 0 radical (unpaired) electrons. The summed E-state index contributed by atoms with van der Waals surface area (Å²) in [6, 6.07) is 23.4. The second-order valence-corrected chi connectivity index (χ2v) is 9.72. The number of hydrogen-bond donors (Lipinski definition) is 3. The van der Waals surface area contributed by atoms with Crippen LogP contribution >= 0.6 is 11.8 Å². The third kappa shape index (κ3) is 8.00. The van der Waals surface area contributed by atoms with E-state index in [1.54, 1.807) is 0 Å². The van der Waals surface area contributed by atoms with Gasteiger partial charge in [-0.05, 0) is 29.7 Å². The van der Waals surface area contributed by atoms with Gasteiger partial charge in [0.25, 0.3) is 11.6 Å². The number of anilines is 1. The summed E-state index contributed by atoms with van der Waals surface area (Å²) < 4.78 is 5.47. The fourth-order valence-electron chi connectivity index (χ4n) is 3.70. The van der Waals surface area contributed by atoms with Crippen LogP contribution in [0.4, 0.5) is 11.4 Å². The van der Waals surface area contributed by atoms with Gasteiger partial charge in [0.1, 0.15) is 12.3 Å². The number of aromatic nitrogens is 1. The smallest absolute Gasteiger partial charge is 0.273 e. The van der Waals surface area contributed by atoms with E-state index in [4.69, 9.17) is 10.2 Å². The number of nitrogens with zero attached hydrogens (tertiary/aromatic N) is 2. The van der Waals surface area contributed by atoms with Crippen molar-refractivity contribution in [2.24, 2.45) is 5.73 Å². The molecule has 10 nitrogen and oxygen atoms in total. The maximum atomic E-state index is 13.1. The topological polar surface area (TPSA) is 153 Å². The highest BCUT2D eigenvalue weighted by Crippen LogP contribution is 2.19. The number of rotatable bonds is 12. The summed E-state index contributed by atoms with van der Waals surface area (Å²) in [5.74, 6) is 0.0793. The minimum Gasteiger partial charge on any atom is -0.446 e. The molecule has 1 heterocycles. The molecule has 0 saturated carbocycles. The molecule has 11 heteroatoms. The summed E-state index contributed by atoms with van der Waals surface area (Å²) in [5.41, 5.74) is 8.60. The maximum absolute atomic E-state index is 13.1. The number of nitro groups is 1. The summed E-state index contributed by atoms with van der Waals surface area (Å²) in [4.78, 5) is 40.8. The Morgan fingerprint density at radius 2 is 1.62 bits per heavy atom. The third-order valence-corrected chi connectivity index (χ3v) is 6.84. The van der Waals surface area contributed by atoms with Crippen molar-refractivity contribution in [3.8, 4) is 0 Å². The van der Waals surface area contributed by atoms with E-state index in [1.165, 1.54) is 42.3 Å². The zero-order valence-corrected chi connectivity index (χ0v) is 21.7. The summed E-state index contributed by atoms with van der Waals surface area (Å²) in [6.07, 6.45) is 1.71. The molecule has 0 aliphatic heterocycles. The Balaban J connectivity index is 1.42. The minimum atomic E-state index is -0.917. The van der Waals surface area contributed by atoms with Gasteiger partial charge in [-0.3, -0.25) is 19.7 Å². The van der Waals surface area contributed by atoms with Gasteiger partial charge in [-0.25, -0.2) is 4.98 Å². The summed E-state index contributed by atoms with van der Waals surface area (Å²) >= 11 is 1.48. The molecule has 0 aliphatic rings. The van der Waals surface area contributed by atoms with Gasteiger partial charge in [0, 0.05) is 29.3 Å². The predicted octanol–water partition coefficient (Wildman–Crippen LogP) is 4.50. The first-order valence-corrected chi connectivity index (χ1v) is 13.3. The van der Waals surface area contributed by atoms with Gasteiger partial charge in [0.2, 0.25) is 11.8 Å². The number of benzene rings is 3. The van der Waals surface area contributed by atoms with Crippen LogP contribution in [-0.2, 0) is 17.0 Å². The lowest BCUT2D eigenvalue weighted by atomic mass is 10.1. The second-order valence-electron chi connectivity index (χ2n) is 8.69. The van der Waals surface area contributed by atoms with Gasteiger partial charge in [-0.15, -0.1) is 0 Å². The van der Waals surface area contributed by atoms with Crippen LogP contribution in [0.1, 0.15) is 33.5 Å². The highest BCUT2D eigenvalue weighted by Gasteiger charge is 2.25. The molecule has 200 valence electrons. The van der Waals surface area contributed by atoms with E-state index in [0.717, 1.165) is 11.1 Å². The average molecular weight is 546 g/mol. The van der Waals surface area contributed by atoms with Gasteiger partial charge in [0.15, 0.2) is 5.69 Å².